The zero-order chi connectivity index (χ0) is 14.7. The fourth-order valence-corrected chi connectivity index (χ4v) is 1.79. The Balaban J connectivity index is 2.47. The van der Waals surface area contributed by atoms with Crippen molar-refractivity contribution in [2.75, 3.05) is 18.5 Å². The number of benzene rings is 1. The SMILES string of the molecule is Cc1ccc(C)c(-n2nc(NCCO)c(C(=O)O)n2)c1. The zero-order valence-corrected chi connectivity index (χ0v) is 11.3. The fraction of sp³-hybridized carbons (Fsp3) is 0.308. The summed E-state index contributed by atoms with van der Waals surface area (Å²) in [5.41, 5.74) is 2.53. The van der Waals surface area contributed by atoms with Gasteiger partial charge in [-0.1, -0.05) is 12.1 Å². The molecule has 20 heavy (non-hydrogen) atoms. The molecule has 7 heteroatoms. The largest absolute Gasteiger partial charge is 0.476 e. The van der Waals surface area contributed by atoms with Crippen LogP contribution in [0.25, 0.3) is 5.69 Å². The number of aromatic carboxylic acids is 1. The molecular formula is C13H16N4O3. The Morgan fingerprint density at radius 2 is 2.10 bits per heavy atom. The van der Waals surface area contributed by atoms with Gasteiger partial charge in [-0.15, -0.1) is 15.0 Å². The number of carboxylic acids is 1. The van der Waals surface area contributed by atoms with Crippen molar-refractivity contribution >= 4 is 11.8 Å². The Bertz CT molecular complexity index is 637. The number of hydrogen-bond donors (Lipinski definition) is 3. The highest BCUT2D eigenvalue weighted by Gasteiger charge is 2.18. The highest BCUT2D eigenvalue weighted by Crippen LogP contribution is 2.17. The molecule has 0 aliphatic rings. The van der Waals surface area contributed by atoms with Gasteiger partial charge >= 0.3 is 5.97 Å². The van der Waals surface area contributed by atoms with Gasteiger partial charge in [-0.3, -0.25) is 0 Å². The number of aromatic nitrogens is 3. The Labute approximate surface area is 115 Å². The van der Waals surface area contributed by atoms with E-state index < -0.39 is 5.97 Å². The van der Waals surface area contributed by atoms with Crippen LogP contribution >= 0.6 is 0 Å². The highest BCUT2D eigenvalue weighted by atomic mass is 16.4. The second-order valence-electron chi connectivity index (χ2n) is 4.43. The van der Waals surface area contributed by atoms with Gasteiger partial charge in [0.15, 0.2) is 5.82 Å². The molecule has 0 amide bonds. The van der Waals surface area contributed by atoms with Crippen molar-refractivity contribution in [3.8, 4) is 5.69 Å². The summed E-state index contributed by atoms with van der Waals surface area (Å²) in [5.74, 6) is -1.02. The van der Waals surface area contributed by atoms with Gasteiger partial charge in [-0.25, -0.2) is 4.79 Å². The molecule has 0 spiro atoms. The molecule has 106 valence electrons. The number of aliphatic hydroxyl groups is 1. The number of carboxylic acid groups (broad SMARTS) is 1. The van der Waals surface area contributed by atoms with E-state index in [0.717, 1.165) is 16.8 Å². The predicted molar refractivity (Wildman–Crippen MR) is 73.4 cm³/mol. The summed E-state index contributed by atoms with van der Waals surface area (Å²) in [6.45, 7) is 3.94. The van der Waals surface area contributed by atoms with Gasteiger partial charge in [0.05, 0.1) is 12.3 Å². The molecule has 0 saturated carbocycles. The first kappa shape index (κ1) is 14.0. The maximum atomic E-state index is 11.2. The molecule has 0 atom stereocenters. The van der Waals surface area contributed by atoms with Crippen LogP contribution in [0.1, 0.15) is 21.6 Å². The van der Waals surface area contributed by atoms with E-state index in [4.69, 9.17) is 10.2 Å². The lowest BCUT2D eigenvalue weighted by Crippen LogP contribution is -2.09. The smallest absolute Gasteiger partial charge is 0.360 e. The van der Waals surface area contributed by atoms with Crippen LogP contribution < -0.4 is 5.32 Å². The summed E-state index contributed by atoms with van der Waals surface area (Å²) in [4.78, 5) is 12.5. The van der Waals surface area contributed by atoms with Crippen molar-refractivity contribution in [3.63, 3.8) is 0 Å². The molecule has 3 N–H and O–H groups in total. The van der Waals surface area contributed by atoms with E-state index in [9.17, 15) is 4.79 Å². The van der Waals surface area contributed by atoms with Gasteiger partial charge in [0.2, 0.25) is 5.69 Å². The number of hydrogen-bond acceptors (Lipinski definition) is 5. The maximum absolute atomic E-state index is 11.2. The molecule has 1 aromatic heterocycles. The first-order valence-corrected chi connectivity index (χ1v) is 6.16. The summed E-state index contributed by atoms with van der Waals surface area (Å²) in [5, 5.41) is 28.8. The summed E-state index contributed by atoms with van der Waals surface area (Å²) >= 11 is 0. The summed E-state index contributed by atoms with van der Waals surface area (Å²) in [6.07, 6.45) is 0. The van der Waals surface area contributed by atoms with Crippen LogP contribution in [0.15, 0.2) is 18.2 Å². The van der Waals surface area contributed by atoms with Gasteiger partial charge in [0.25, 0.3) is 0 Å². The number of aryl methyl sites for hydroxylation is 2. The van der Waals surface area contributed by atoms with Crippen LogP contribution in [0.2, 0.25) is 0 Å². The third kappa shape index (κ3) is 2.77. The normalized spacial score (nSPS) is 10.6. The standard InChI is InChI=1S/C13H16N4O3/c1-8-3-4-9(2)10(7-8)17-15-11(13(19)20)12(16-17)14-5-6-18/h3-4,7,18H,5-6H2,1-2H3,(H,14,16)(H,19,20). The Hall–Kier alpha value is -2.41. The van der Waals surface area contributed by atoms with E-state index >= 15 is 0 Å². The van der Waals surface area contributed by atoms with Gasteiger partial charge in [-0.2, -0.15) is 0 Å². The molecule has 0 bridgehead atoms. The average molecular weight is 276 g/mol. The molecule has 2 rings (SSSR count). The van der Waals surface area contributed by atoms with Crippen LogP contribution in [0.5, 0.6) is 0 Å². The Morgan fingerprint density at radius 1 is 1.35 bits per heavy atom. The minimum absolute atomic E-state index is 0.116. The number of anilines is 1. The topological polar surface area (TPSA) is 100 Å². The van der Waals surface area contributed by atoms with E-state index in [1.165, 1.54) is 4.80 Å². The summed E-state index contributed by atoms with van der Waals surface area (Å²) in [7, 11) is 0. The van der Waals surface area contributed by atoms with E-state index in [0.29, 0.717) is 0 Å². The predicted octanol–water partition coefficient (Wildman–Crippen LogP) is 0.987. The minimum Gasteiger partial charge on any atom is -0.476 e. The van der Waals surface area contributed by atoms with E-state index in [2.05, 4.69) is 15.5 Å². The van der Waals surface area contributed by atoms with Gasteiger partial charge < -0.3 is 15.5 Å². The number of rotatable bonds is 5. The lowest BCUT2D eigenvalue weighted by atomic mass is 10.1. The molecule has 0 aliphatic carbocycles. The molecule has 2 aromatic rings. The van der Waals surface area contributed by atoms with Crippen molar-refractivity contribution < 1.29 is 15.0 Å². The molecule has 1 heterocycles. The molecule has 0 fully saturated rings. The van der Waals surface area contributed by atoms with E-state index in [-0.39, 0.29) is 24.7 Å². The zero-order valence-electron chi connectivity index (χ0n) is 11.3. The maximum Gasteiger partial charge on any atom is 0.360 e. The van der Waals surface area contributed by atoms with Gasteiger partial charge in [0, 0.05) is 6.54 Å². The third-order valence-corrected chi connectivity index (χ3v) is 2.80. The van der Waals surface area contributed by atoms with Crippen molar-refractivity contribution in [1.82, 2.24) is 15.0 Å². The fourth-order valence-electron chi connectivity index (χ4n) is 1.79. The van der Waals surface area contributed by atoms with Gasteiger partial charge in [-0.05, 0) is 31.0 Å². The molecule has 1 aromatic carbocycles. The average Bonchev–Trinajstić information content (AvgIpc) is 2.83. The van der Waals surface area contributed by atoms with Crippen LogP contribution in [0.4, 0.5) is 5.82 Å². The minimum atomic E-state index is -1.16. The summed E-state index contributed by atoms with van der Waals surface area (Å²) in [6, 6.07) is 5.78. The van der Waals surface area contributed by atoms with Crippen molar-refractivity contribution in [3.05, 3.63) is 35.0 Å². The third-order valence-electron chi connectivity index (χ3n) is 2.80. The molecule has 7 nitrogen and oxygen atoms in total. The number of carbonyl (C=O) groups is 1. The van der Waals surface area contributed by atoms with Gasteiger partial charge in [0.1, 0.15) is 0 Å². The lowest BCUT2D eigenvalue weighted by Gasteiger charge is -2.05. The molecule has 0 aliphatic heterocycles. The van der Waals surface area contributed by atoms with E-state index in [1.807, 2.05) is 32.0 Å². The van der Waals surface area contributed by atoms with Crippen LogP contribution in [0.3, 0.4) is 0 Å². The number of nitrogens with zero attached hydrogens (tertiary/aromatic N) is 3. The second-order valence-corrected chi connectivity index (χ2v) is 4.43. The second kappa shape index (κ2) is 5.70. The first-order chi connectivity index (χ1) is 9.52. The molecule has 0 unspecified atom stereocenters. The lowest BCUT2D eigenvalue weighted by molar-refractivity contribution is 0.0691. The summed E-state index contributed by atoms with van der Waals surface area (Å²) < 4.78 is 0. The quantitative estimate of drug-likeness (QED) is 0.753. The Kier molecular flexibility index (Phi) is 3.99. The molecule has 0 radical (unpaired) electrons. The van der Waals surface area contributed by atoms with Crippen LogP contribution in [0, 0.1) is 13.8 Å². The van der Waals surface area contributed by atoms with Crippen molar-refractivity contribution in [1.29, 1.82) is 0 Å². The molecule has 0 saturated heterocycles. The van der Waals surface area contributed by atoms with E-state index in [1.54, 1.807) is 0 Å². The Morgan fingerprint density at radius 3 is 2.75 bits per heavy atom. The van der Waals surface area contributed by atoms with Crippen molar-refractivity contribution in [2.24, 2.45) is 0 Å². The number of aliphatic hydroxyl groups excluding tert-OH is 1. The van der Waals surface area contributed by atoms with Crippen molar-refractivity contribution in [2.45, 2.75) is 13.8 Å². The van der Waals surface area contributed by atoms with Crippen LogP contribution in [-0.4, -0.2) is 44.3 Å². The van der Waals surface area contributed by atoms with Crippen LogP contribution in [-0.2, 0) is 0 Å². The first-order valence-electron chi connectivity index (χ1n) is 6.16. The monoisotopic (exact) mass is 276 g/mol. The number of nitrogens with one attached hydrogen (secondary N) is 1. The molecular weight excluding hydrogens is 260 g/mol. The highest BCUT2D eigenvalue weighted by molar-refractivity contribution is 5.90.